The molecule has 2 heterocycles. The summed E-state index contributed by atoms with van der Waals surface area (Å²) < 4.78 is 29.3. The Morgan fingerprint density at radius 3 is 2.86 bits per heavy atom. The molecule has 1 atom stereocenters. The van der Waals surface area contributed by atoms with E-state index in [1.807, 2.05) is 31.2 Å². The van der Waals surface area contributed by atoms with Crippen molar-refractivity contribution >= 4 is 37.4 Å². The molecular weight excluding hydrogens is 406 g/mol. The third-order valence-electron chi connectivity index (χ3n) is 4.94. The van der Waals surface area contributed by atoms with Crippen molar-refractivity contribution in [1.82, 2.24) is 9.62 Å². The van der Waals surface area contributed by atoms with E-state index in [1.54, 1.807) is 29.2 Å². The van der Waals surface area contributed by atoms with Crippen LogP contribution in [0, 0.1) is 18.3 Å². The van der Waals surface area contributed by atoms with Gasteiger partial charge in [-0.2, -0.15) is 9.98 Å². The number of likely N-dealkylation sites (tertiary alicyclic amines) is 1. The van der Waals surface area contributed by atoms with Gasteiger partial charge in [0.05, 0.1) is 11.6 Å². The second-order valence-corrected chi connectivity index (χ2v) is 10.2. The lowest BCUT2D eigenvalue weighted by atomic mass is 10.1. The number of sulfonamides is 1. The van der Waals surface area contributed by atoms with Gasteiger partial charge >= 0.3 is 0 Å². The van der Waals surface area contributed by atoms with E-state index in [2.05, 4.69) is 10.8 Å². The summed E-state index contributed by atoms with van der Waals surface area (Å²) in [5.41, 5.74) is 2.45. The van der Waals surface area contributed by atoms with Gasteiger partial charge in [-0.15, -0.1) is 11.3 Å². The molecule has 3 aromatic rings. The van der Waals surface area contributed by atoms with Crippen LogP contribution in [0.15, 0.2) is 52.7 Å². The van der Waals surface area contributed by atoms with Gasteiger partial charge < -0.3 is 4.90 Å². The number of nitrogens with zero attached hydrogens (tertiary/aromatic N) is 2. The van der Waals surface area contributed by atoms with E-state index in [0.29, 0.717) is 25.1 Å². The SMILES string of the molecule is Cc1ccc2sc(S(=O)(=O)N[C@H]3CCN(Cc4cccc(C#N)c4)C3=O)cc2c1. The lowest BCUT2D eigenvalue weighted by Crippen LogP contribution is -2.41. The van der Waals surface area contributed by atoms with E-state index in [1.165, 1.54) is 11.3 Å². The Kier molecular flexibility index (Phi) is 5.13. The molecule has 148 valence electrons. The fourth-order valence-electron chi connectivity index (χ4n) is 3.48. The molecule has 1 aliphatic rings. The molecule has 0 radical (unpaired) electrons. The summed E-state index contributed by atoms with van der Waals surface area (Å²) in [4.78, 5) is 14.4. The van der Waals surface area contributed by atoms with Crippen molar-refractivity contribution < 1.29 is 13.2 Å². The predicted molar refractivity (Wildman–Crippen MR) is 112 cm³/mol. The number of benzene rings is 2. The number of carbonyl (C=O) groups excluding carboxylic acids is 1. The zero-order valence-electron chi connectivity index (χ0n) is 15.8. The highest BCUT2D eigenvalue weighted by Gasteiger charge is 2.35. The maximum atomic E-state index is 12.8. The second kappa shape index (κ2) is 7.59. The van der Waals surface area contributed by atoms with Gasteiger partial charge in [-0.1, -0.05) is 29.8 Å². The van der Waals surface area contributed by atoms with Gasteiger partial charge in [-0.25, -0.2) is 8.42 Å². The number of hydrogen-bond donors (Lipinski definition) is 1. The van der Waals surface area contributed by atoms with Crippen LogP contribution in [0.4, 0.5) is 0 Å². The molecule has 0 unspecified atom stereocenters. The fraction of sp³-hybridized carbons (Fsp3) is 0.238. The summed E-state index contributed by atoms with van der Waals surface area (Å²) in [5.74, 6) is -0.243. The van der Waals surface area contributed by atoms with E-state index < -0.39 is 16.1 Å². The molecule has 1 saturated heterocycles. The van der Waals surface area contributed by atoms with E-state index >= 15 is 0 Å². The monoisotopic (exact) mass is 425 g/mol. The van der Waals surface area contributed by atoms with Crippen LogP contribution in [0.25, 0.3) is 10.1 Å². The molecule has 1 fully saturated rings. The lowest BCUT2D eigenvalue weighted by Gasteiger charge is -2.17. The molecule has 1 N–H and O–H groups in total. The fourth-order valence-corrected chi connectivity index (χ4v) is 6.10. The Morgan fingerprint density at radius 1 is 1.24 bits per heavy atom. The van der Waals surface area contributed by atoms with Gasteiger partial charge in [-0.05, 0) is 48.6 Å². The summed E-state index contributed by atoms with van der Waals surface area (Å²) in [6, 6.07) is 15.8. The Bertz CT molecular complexity index is 1240. The minimum absolute atomic E-state index is 0.214. The van der Waals surface area contributed by atoms with Crippen molar-refractivity contribution in [3.63, 3.8) is 0 Å². The topological polar surface area (TPSA) is 90.3 Å². The normalized spacial score (nSPS) is 17.0. The molecule has 1 amide bonds. The van der Waals surface area contributed by atoms with Crippen molar-refractivity contribution in [3.8, 4) is 6.07 Å². The van der Waals surface area contributed by atoms with Gasteiger partial charge in [0.25, 0.3) is 10.0 Å². The van der Waals surface area contributed by atoms with Crippen LogP contribution in [0.3, 0.4) is 0 Å². The summed E-state index contributed by atoms with van der Waals surface area (Å²) >= 11 is 1.20. The van der Waals surface area contributed by atoms with Crippen molar-refractivity contribution in [2.75, 3.05) is 6.54 Å². The minimum atomic E-state index is -3.78. The van der Waals surface area contributed by atoms with Crippen LogP contribution in [0.2, 0.25) is 0 Å². The third kappa shape index (κ3) is 4.03. The van der Waals surface area contributed by atoms with Crippen molar-refractivity contribution in [2.45, 2.75) is 30.1 Å². The Morgan fingerprint density at radius 2 is 2.07 bits per heavy atom. The first kappa shape index (κ1) is 19.6. The van der Waals surface area contributed by atoms with Gasteiger partial charge in [0.2, 0.25) is 5.91 Å². The molecule has 2 aromatic carbocycles. The average Bonchev–Trinajstić information content (AvgIpc) is 3.27. The largest absolute Gasteiger partial charge is 0.337 e. The van der Waals surface area contributed by atoms with E-state index in [4.69, 9.17) is 5.26 Å². The smallest absolute Gasteiger partial charge is 0.250 e. The van der Waals surface area contributed by atoms with Gasteiger partial charge in [-0.3, -0.25) is 4.79 Å². The van der Waals surface area contributed by atoms with Crippen LogP contribution >= 0.6 is 11.3 Å². The third-order valence-corrected chi connectivity index (χ3v) is 8.00. The highest BCUT2D eigenvalue weighted by Crippen LogP contribution is 2.30. The maximum absolute atomic E-state index is 12.8. The van der Waals surface area contributed by atoms with Crippen LogP contribution in [-0.2, 0) is 21.4 Å². The minimum Gasteiger partial charge on any atom is -0.337 e. The number of nitriles is 1. The molecule has 0 spiro atoms. The zero-order chi connectivity index (χ0) is 20.6. The van der Waals surface area contributed by atoms with Crippen LogP contribution in [0.1, 0.15) is 23.1 Å². The predicted octanol–water partition coefficient (Wildman–Crippen LogP) is 3.16. The molecular formula is C21H19N3O3S2. The number of hydrogen-bond acceptors (Lipinski definition) is 5. The molecule has 0 bridgehead atoms. The van der Waals surface area contributed by atoms with Gasteiger partial charge in [0.15, 0.2) is 0 Å². The van der Waals surface area contributed by atoms with E-state index in [-0.39, 0.29) is 10.1 Å². The summed E-state index contributed by atoms with van der Waals surface area (Å²) in [6.45, 7) is 2.78. The zero-order valence-corrected chi connectivity index (χ0v) is 17.4. The molecule has 1 aliphatic heterocycles. The quantitative estimate of drug-likeness (QED) is 0.680. The number of carbonyl (C=O) groups is 1. The van der Waals surface area contributed by atoms with Crippen LogP contribution in [-0.4, -0.2) is 31.8 Å². The first-order chi connectivity index (χ1) is 13.9. The number of amides is 1. The Balaban J connectivity index is 1.48. The van der Waals surface area contributed by atoms with Crippen molar-refractivity contribution in [1.29, 1.82) is 5.26 Å². The van der Waals surface area contributed by atoms with E-state index in [9.17, 15) is 13.2 Å². The summed E-state index contributed by atoms with van der Waals surface area (Å²) in [6.07, 6.45) is 0.417. The Hall–Kier alpha value is -2.73. The molecule has 29 heavy (non-hydrogen) atoms. The summed E-state index contributed by atoms with van der Waals surface area (Å²) in [7, 11) is -3.78. The van der Waals surface area contributed by atoms with Gasteiger partial charge in [0.1, 0.15) is 10.3 Å². The number of aryl methyl sites for hydroxylation is 1. The van der Waals surface area contributed by atoms with Crippen LogP contribution < -0.4 is 4.72 Å². The highest BCUT2D eigenvalue weighted by molar-refractivity contribution is 7.91. The summed E-state index contributed by atoms with van der Waals surface area (Å²) in [5, 5.41) is 9.90. The average molecular weight is 426 g/mol. The number of rotatable bonds is 5. The molecule has 0 saturated carbocycles. The first-order valence-corrected chi connectivity index (χ1v) is 11.5. The Labute approximate surface area is 173 Å². The first-order valence-electron chi connectivity index (χ1n) is 9.16. The molecule has 8 heteroatoms. The van der Waals surface area contributed by atoms with Gasteiger partial charge in [0, 0.05) is 17.8 Å². The molecule has 1 aromatic heterocycles. The molecule has 4 rings (SSSR count). The highest BCUT2D eigenvalue weighted by atomic mass is 32.2. The number of nitrogens with one attached hydrogen (secondary N) is 1. The maximum Gasteiger partial charge on any atom is 0.250 e. The molecule has 0 aliphatic carbocycles. The van der Waals surface area contributed by atoms with Crippen LogP contribution in [0.5, 0.6) is 0 Å². The van der Waals surface area contributed by atoms with Crippen molar-refractivity contribution in [3.05, 3.63) is 65.2 Å². The second-order valence-electron chi connectivity index (χ2n) is 7.14. The van der Waals surface area contributed by atoms with Crippen molar-refractivity contribution in [2.24, 2.45) is 0 Å². The lowest BCUT2D eigenvalue weighted by molar-refractivity contribution is -0.129. The van der Waals surface area contributed by atoms with E-state index in [0.717, 1.165) is 21.2 Å². The molecule has 6 nitrogen and oxygen atoms in total. The number of fused-ring (bicyclic) bond motifs is 1. The standard InChI is InChI=1S/C21H19N3O3S2/c1-14-5-6-19-17(9-14)11-20(28-19)29(26,27)23-18-7-8-24(21(18)25)13-16-4-2-3-15(10-16)12-22/h2-6,9-11,18,23H,7-8,13H2,1H3/t18-/m0/s1. The number of thiophene rings is 1.